The van der Waals surface area contributed by atoms with E-state index in [0.717, 1.165) is 16.1 Å². The van der Waals surface area contributed by atoms with Crippen LogP contribution in [0.5, 0.6) is 0 Å². The molecule has 0 saturated heterocycles. The second-order valence-corrected chi connectivity index (χ2v) is 5.04. The van der Waals surface area contributed by atoms with Gasteiger partial charge in [-0.05, 0) is 25.5 Å². The van der Waals surface area contributed by atoms with E-state index in [1.54, 1.807) is 6.08 Å². The van der Waals surface area contributed by atoms with Gasteiger partial charge in [0.2, 0.25) is 11.0 Å². The van der Waals surface area contributed by atoms with Gasteiger partial charge in [-0.2, -0.15) is 0 Å². The van der Waals surface area contributed by atoms with Gasteiger partial charge in [0.15, 0.2) is 0 Å². The number of carbonyl (C=O) groups excluding carboxylic acids is 1. The summed E-state index contributed by atoms with van der Waals surface area (Å²) in [5.74, 6) is -0.201. The summed E-state index contributed by atoms with van der Waals surface area (Å²) in [4.78, 5) is 11.6. The van der Waals surface area contributed by atoms with Crippen molar-refractivity contribution in [3.8, 4) is 0 Å². The molecule has 5 heteroatoms. The van der Waals surface area contributed by atoms with Crippen LogP contribution in [0.3, 0.4) is 0 Å². The third-order valence-corrected chi connectivity index (χ3v) is 2.98. The fraction of sp³-hybridized carbons (Fsp3) is 0.154. The van der Waals surface area contributed by atoms with E-state index in [0.29, 0.717) is 5.13 Å². The number of nitrogens with one attached hydrogen (secondary N) is 1. The van der Waals surface area contributed by atoms with Crippen LogP contribution < -0.4 is 5.32 Å². The van der Waals surface area contributed by atoms with Gasteiger partial charge in [0.25, 0.3) is 0 Å². The third kappa shape index (κ3) is 3.49. The smallest absolute Gasteiger partial charge is 0.250 e. The Morgan fingerprint density at radius 1 is 1.33 bits per heavy atom. The quantitative estimate of drug-likeness (QED) is 0.862. The van der Waals surface area contributed by atoms with Crippen molar-refractivity contribution < 1.29 is 4.79 Å². The molecule has 1 aromatic heterocycles. The van der Waals surface area contributed by atoms with Gasteiger partial charge in [-0.3, -0.25) is 10.1 Å². The normalized spacial score (nSPS) is 10.8. The highest BCUT2D eigenvalue weighted by Gasteiger charge is 2.02. The molecular formula is C13H13N3OS. The van der Waals surface area contributed by atoms with Crippen molar-refractivity contribution in [3.05, 3.63) is 46.5 Å². The van der Waals surface area contributed by atoms with Crippen molar-refractivity contribution in [1.29, 1.82) is 0 Å². The Kier molecular flexibility index (Phi) is 3.84. The van der Waals surface area contributed by atoms with Crippen LogP contribution in [0, 0.1) is 13.8 Å². The second-order valence-electron chi connectivity index (χ2n) is 3.86. The number of carbonyl (C=O) groups is 1. The number of aryl methyl sites for hydroxylation is 2. The zero-order valence-electron chi connectivity index (χ0n) is 10.2. The number of benzene rings is 1. The first-order valence-electron chi connectivity index (χ1n) is 5.49. The highest BCUT2D eigenvalue weighted by atomic mass is 32.1. The zero-order chi connectivity index (χ0) is 13.0. The Labute approximate surface area is 109 Å². The minimum Gasteiger partial charge on any atom is -0.297 e. The van der Waals surface area contributed by atoms with E-state index in [1.807, 2.05) is 38.1 Å². The van der Waals surface area contributed by atoms with Crippen LogP contribution in [0.25, 0.3) is 6.08 Å². The summed E-state index contributed by atoms with van der Waals surface area (Å²) in [7, 11) is 0. The molecule has 0 atom stereocenters. The number of hydrogen-bond acceptors (Lipinski definition) is 4. The fourth-order valence-corrected chi connectivity index (χ4v) is 2.03. The van der Waals surface area contributed by atoms with E-state index in [2.05, 4.69) is 15.5 Å². The van der Waals surface area contributed by atoms with Crippen molar-refractivity contribution in [3.63, 3.8) is 0 Å². The fourth-order valence-electron chi connectivity index (χ4n) is 1.44. The summed E-state index contributed by atoms with van der Waals surface area (Å²) in [6.07, 6.45) is 3.27. The summed E-state index contributed by atoms with van der Waals surface area (Å²) in [5, 5.41) is 11.7. The first kappa shape index (κ1) is 12.4. The Bertz CT molecular complexity index is 589. The monoisotopic (exact) mass is 259 g/mol. The lowest BCUT2D eigenvalue weighted by Crippen LogP contribution is -2.07. The Morgan fingerprint density at radius 3 is 2.83 bits per heavy atom. The molecule has 0 saturated carbocycles. The standard InChI is InChI=1S/C13H13N3OS/c1-9-4-3-5-11(8-9)6-7-12(17)14-13-16-15-10(2)18-13/h3-8H,1-2H3,(H,14,16,17)/b7-6+. The lowest BCUT2D eigenvalue weighted by Gasteiger charge is -1.96. The summed E-state index contributed by atoms with van der Waals surface area (Å²) >= 11 is 1.35. The molecule has 92 valence electrons. The molecule has 0 unspecified atom stereocenters. The van der Waals surface area contributed by atoms with Crippen LogP contribution in [-0.4, -0.2) is 16.1 Å². The van der Waals surface area contributed by atoms with Gasteiger partial charge in [0.05, 0.1) is 0 Å². The molecule has 0 bridgehead atoms. The number of amides is 1. The Hall–Kier alpha value is -2.01. The first-order chi connectivity index (χ1) is 8.63. The van der Waals surface area contributed by atoms with Crippen molar-refractivity contribution in [1.82, 2.24) is 10.2 Å². The molecule has 0 aliphatic carbocycles. The van der Waals surface area contributed by atoms with Crippen LogP contribution in [-0.2, 0) is 4.79 Å². The number of hydrogen-bond donors (Lipinski definition) is 1. The van der Waals surface area contributed by atoms with Gasteiger partial charge in [-0.25, -0.2) is 0 Å². The Balaban J connectivity index is 1.99. The molecule has 4 nitrogen and oxygen atoms in total. The SMILES string of the molecule is Cc1cccc(/C=C/C(=O)Nc2nnc(C)s2)c1. The number of rotatable bonds is 3. The molecule has 1 aromatic carbocycles. The van der Waals surface area contributed by atoms with Crippen LogP contribution in [0.1, 0.15) is 16.1 Å². The topological polar surface area (TPSA) is 54.9 Å². The molecule has 0 aliphatic heterocycles. The first-order valence-corrected chi connectivity index (χ1v) is 6.31. The molecule has 0 fully saturated rings. The van der Waals surface area contributed by atoms with E-state index < -0.39 is 0 Å². The van der Waals surface area contributed by atoms with Crippen molar-refractivity contribution >= 4 is 28.5 Å². The lowest BCUT2D eigenvalue weighted by molar-refractivity contribution is -0.111. The van der Waals surface area contributed by atoms with Gasteiger partial charge < -0.3 is 0 Å². The van der Waals surface area contributed by atoms with Crippen LogP contribution in [0.15, 0.2) is 30.3 Å². The minimum absolute atomic E-state index is 0.201. The summed E-state index contributed by atoms with van der Waals surface area (Å²) in [6.45, 7) is 3.86. The number of nitrogens with zero attached hydrogens (tertiary/aromatic N) is 2. The molecule has 18 heavy (non-hydrogen) atoms. The van der Waals surface area contributed by atoms with Gasteiger partial charge in [-0.1, -0.05) is 41.2 Å². The molecule has 1 heterocycles. The largest absolute Gasteiger partial charge is 0.297 e. The summed E-state index contributed by atoms with van der Waals surface area (Å²) in [6, 6.07) is 7.94. The summed E-state index contributed by atoms with van der Waals surface area (Å²) < 4.78 is 0. The predicted molar refractivity (Wildman–Crippen MR) is 73.5 cm³/mol. The van der Waals surface area contributed by atoms with E-state index in [1.165, 1.54) is 17.4 Å². The minimum atomic E-state index is -0.201. The number of aromatic nitrogens is 2. The molecule has 2 aromatic rings. The van der Waals surface area contributed by atoms with Gasteiger partial charge in [0, 0.05) is 6.08 Å². The third-order valence-electron chi connectivity index (χ3n) is 2.23. The van der Waals surface area contributed by atoms with E-state index >= 15 is 0 Å². The highest BCUT2D eigenvalue weighted by molar-refractivity contribution is 7.15. The Morgan fingerprint density at radius 2 is 2.17 bits per heavy atom. The van der Waals surface area contributed by atoms with Crippen LogP contribution >= 0.6 is 11.3 Å². The molecule has 1 amide bonds. The van der Waals surface area contributed by atoms with E-state index in [4.69, 9.17) is 0 Å². The predicted octanol–water partition coefficient (Wildman–Crippen LogP) is 2.81. The molecule has 0 spiro atoms. The molecule has 2 rings (SSSR count). The maximum Gasteiger partial charge on any atom is 0.250 e. The highest BCUT2D eigenvalue weighted by Crippen LogP contribution is 2.13. The average molecular weight is 259 g/mol. The lowest BCUT2D eigenvalue weighted by atomic mass is 10.1. The van der Waals surface area contributed by atoms with Gasteiger partial charge in [0.1, 0.15) is 5.01 Å². The molecular weight excluding hydrogens is 246 g/mol. The number of anilines is 1. The average Bonchev–Trinajstić information content (AvgIpc) is 2.72. The van der Waals surface area contributed by atoms with E-state index in [-0.39, 0.29) is 5.91 Å². The zero-order valence-corrected chi connectivity index (χ0v) is 11.0. The van der Waals surface area contributed by atoms with E-state index in [9.17, 15) is 4.79 Å². The van der Waals surface area contributed by atoms with Gasteiger partial charge >= 0.3 is 0 Å². The maximum absolute atomic E-state index is 11.6. The molecule has 0 aliphatic rings. The maximum atomic E-state index is 11.6. The molecule has 0 radical (unpaired) electrons. The molecule has 1 N–H and O–H groups in total. The second kappa shape index (κ2) is 5.55. The van der Waals surface area contributed by atoms with Gasteiger partial charge in [-0.15, -0.1) is 10.2 Å². The van der Waals surface area contributed by atoms with Crippen LogP contribution in [0.4, 0.5) is 5.13 Å². The van der Waals surface area contributed by atoms with Crippen LogP contribution in [0.2, 0.25) is 0 Å². The van der Waals surface area contributed by atoms with Crippen molar-refractivity contribution in [2.24, 2.45) is 0 Å². The van der Waals surface area contributed by atoms with Crippen molar-refractivity contribution in [2.75, 3.05) is 5.32 Å². The van der Waals surface area contributed by atoms with Crippen molar-refractivity contribution in [2.45, 2.75) is 13.8 Å². The summed E-state index contributed by atoms with van der Waals surface area (Å²) in [5.41, 5.74) is 2.16.